The summed E-state index contributed by atoms with van der Waals surface area (Å²) in [5.74, 6) is -2.51. The number of likely N-dealkylation sites (N-methyl/N-ethyl adjacent to an activating group) is 1. The molecule has 0 radical (unpaired) electrons. The second kappa shape index (κ2) is 15.3. The van der Waals surface area contributed by atoms with Gasteiger partial charge in [-0.15, -0.1) is 0 Å². The number of fused-ring (bicyclic) bond motifs is 1. The predicted octanol–water partition coefficient (Wildman–Crippen LogP) is 7.22. The van der Waals surface area contributed by atoms with Crippen LogP contribution in [0.5, 0.6) is 0 Å². The number of amides is 1. The van der Waals surface area contributed by atoms with Gasteiger partial charge in [-0.3, -0.25) is 9.59 Å². The van der Waals surface area contributed by atoms with Crippen molar-refractivity contribution in [1.82, 2.24) is 19.4 Å². The first kappa shape index (κ1) is 21.8. The minimum Gasteiger partial charge on any atom is -0.336 e. The lowest BCUT2D eigenvalue weighted by molar-refractivity contribution is -0.137. The molecular weight excluding hydrogens is 628 g/mol. The molecule has 1 aliphatic carbocycles. The molecule has 4 aromatic rings. The molecule has 3 aromatic carbocycles. The first-order valence-electron chi connectivity index (χ1n) is 20.5. The summed E-state index contributed by atoms with van der Waals surface area (Å²) in [5, 5.41) is -0.451. The van der Waals surface area contributed by atoms with E-state index in [-0.39, 0.29) is 41.4 Å². The number of carbonyl (C=O) groups is 1. The second-order valence-electron chi connectivity index (χ2n) is 10.4. The van der Waals surface area contributed by atoms with Crippen LogP contribution in [-0.2, 0) is 42.6 Å². The lowest BCUT2D eigenvalue weighted by Crippen LogP contribution is -2.40. The lowest BCUT2D eigenvalue weighted by Gasteiger charge is -2.28. The van der Waals surface area contributed by atoms with Gasteiger partial charge in [0.15, 0.2) is 5.16 Å². The molecule has 0 saturated carbocycles. The molecule has 47 heavy (non-hydrogen) atoms. The summed E-state index contributed by atoms with van der Waals surface area (Å²) in [5.41, 5.74) is -4.27. The number of hydrogen-bond acceptors (Lipinski definition) is 5. The molecule has 1 amide bonds. The third-order valence-electron chi connectivity index (χ3n) is 7.42. The Kier molecular flexibility index (Phi) is 7.10. The van der Waals surface area contributed by atoms with Crippen molar-refractivity contribution in [3.63, 3.8) is 0 Å². The molecule has 0 saturated heterocycles. The van der Waals surface area contributed by atoms with Crippen molar-refractivity contribution < 1.29 is 38.8 Å². The van der Waals surface area contributed by atoms with Gasteiger partial charge in [-0.05, 0) is 78.7 Å². The monoisotopic (exact) mass is 678 g/mol. The Bertz CT molecular complexity index is 2260. The van der Waals surface area contributed by atoms with Gasteiger partial charge in [-0.25, -0.2) is 4.39 Å². The molecule has 5 rings (SSSR count). The fourth-order valence-corrected chi connectivity index (χ4v) is 5.72. The summed E-state index contributed by atoms with van der Waals surface area (Å²) in [6.07, 6.45) is -3.69. The van der Waals surface area contributed by atoms with Crippen LogP contribution in [0.1, 0.15) is 64.7 Å². The molecule has 0 aliphatic heterocycles. The minimum absolute atomic E-state index is 0.124. The largest absolute Gasteiger partial charge is 0.416 e. The first-order chi connectivity index (χ1) is 27.1. The number of aromatic nitrogens is 2. The van der Waals surface area contributed by atoms with Crippen LogP contribution >= 0.6 is 11.8 Å². The van der Waals surface area contributed by atoms with E-state index in [9.17, 15) is 29.9 Å². The summed E-state index contributed by atoms with van der Waals surface area (Å²) in [4.78, 5) is 33.3. The summed E-state index contributed by atoms with van der Waals surface area (Å²) >= 11 is 0.163. The topological polar surface area (TPSA) is 58.4 Å². The number of nitrogens with zero attached hydrogens (tertiary/aromatic N) is 4. The molecule has 1 aliphatic rings. The molecule has 1 aromatic heterocycles. The van der Waals surface area contributed by atoms with Gasteiger partial charge in [0, 0.05) is 44.8 Å². The van der Waals surface area contributed by atoms with Gasteiger partial charge in [-0.1, -0.05) is 74.1 Å². The van der Waals surface area contributed by atoms with Crippen molar-refractivity contribution in [2.75, 3.05) is 26.1 Å². The highest BCUT2D eigenvalue weighted by Crippen LogP contribution is 2.31. The average molecular weight is 679 g/mol. The fraction of sp³-hybridized carbons (Fsp3) is 0.361. The molecule has 0 spiro atoms. The quantitative estimate of drug-likeness (QED) is 0.0850. The highest BCUT2D eigenvalue weighted by Gasteiger charge is 2.30. The summed E-state index contributed by atoms with van der Waals surface area (Å²) in [6.45, 7) is -7.12. The zero-order valence-electron chi connectivity index (χ0n) is 37.4. The molecule has 0 bridgehead atoms. The number of halogens is 4. The lowest BCUT2D eigenvalue weighted by atomic mass is 10.0. The van der Waals surface area contributed by atoms with Crippen LogP contribution in [-0.4, -0.2) is 51.3 Å². The maximum Gasteiger partial charge on any atom is 0.416 e. The zero-order valence-corrected chi connectivity index (χ0v) is 26.2. The van der Waals surface area contributed by atoms with Crippen molar-refractivity contribution >= 4 is 17.7 Å². The number of hydrogen-bond donors (Lipinski definition) is 0. The van der Waals surface area contributed by atoms with E-state index in [1.54, 1.807) is 0 Å². The zero-order chi connectivity index (χ0) is 44.2. The van der Waals surface area contributed by atoms with Crippen LogP contribution in [0.2, 0.25) is 0 Å². The Morgan fingerprint density at radius 2 is 1.60 bits per heavy atom. The standard InChI is InChI=1S/C36H38F4N4O2S/c1-3-42(4-2)20-21-43(22-25-8-12-27(13-9-25)28-14-16-29(17-15-28)36(38,39)40)33(45)23-44-32-7-5-6-31(32)34(46)41-35(44)47-24-26-10-18-30(37)19-11-26/h8-19H,3-7,20-24H2,1-2H3/i3D2,4D2,10D,11D,18D,19D,22D2,24D2. The van der Waals surface area contributed by atoms with E-state index in [2.05, 4.69) is 4.98 Å². The summed E-state index contributed by atoms with van der Waals surface area (Å²) in [6, 6.07) is 5.43. The summed E-state index contributed by atoms with van der Waals surface area (Å²) in [7, 11) is 0. The minimum atomic E-state index is -4.56. The van der Waals surface area contributed by atoms with Gasteiger partial charge in [-0.2, -0.15) is 18.2 Å². The smallest absolute Gasteiger partial charge is 0.336 e. The number of alkyl halides is 3. The molecule has 0 fully saturated rings. The fourth-order valence-electron chi connectivity index (χ4n) is 5.02. The number of thioether (sulfide) groups is 1. The molecule has 6 nitrogen and oxygen atoms in total. The highest BCUT2D eigenvalue weighted by atomic mass is 32.2. The second-order valence-corrected chi connectivity index (χ2v) is 11.1. The molecule has 0 N–H and O–H groups in total. The van der Waals surface area contributed by atoms with Gasteiger partial charge < -0.3 is 14.4 Å². The molecule has 0 atom stereocenters. The van der Waals surface area contributed by atoms with Crippen molar-refractivity contribution in [1.29, 1.82) is 0 Å². The van der Waals surface area contributed by atoms with Crippen molar-refractivity contribution in [3.8, 4) is 11.1 Å². The molecule has 0 unspecified atom stereocenters. The number of carbonyl (C=O) groups excluding carboxylic acids is 1. The maximum absolute atomic E-state index is 14.6. The van der Waals surface area contributed by atoms with E-state index in [4.69, 9.17) is 13.7 Å². The molecule has 11 heteroatoms. The SMILES string of the molecule is [2H]c1c([2H])c(C([2H])([2H])Sc2nc(=O)c3c(n2CC(=O)N(CCN(C([2H])([2H])C)C([2H])([2H])C)C([2H])([2H])c2ccc(-c4ccc(C(F)(F)F)cc4)cc2)CCC3)c([2H])c([2H])c1F. The Labute approximate surface area is 293 Å². The van der Waals surface area contributed by atoms with Crippen molar-refractivity contribution in [2.24, 2.45) is 0 Å². The van der Waals surface area contributed by atoms with Gasteiger partial charge in [0.25, 0.3) is 5.56 Å². The Morgan fingerprint density at radius 1 is 0.957 bits per heavy atom. The van der Waals surface area contributed by atoms with E-state index in [0.29, 0.717) is 17.5 Å². The summed E-state index contributed by atoms with van der Waals surface area (Å²) < 4.78 is 156. The normalized spacial score (nSPS) is 17.8. The molecule has 1 heterocycles. The van der Waals surface area contributed by atoms with Crippen LogP contribution in [0, 0.1) is 5.82 Å². The number of benzene rings is 3. The van der Waals surface area contributed by atoms with E-state index in [1.165, 1.54) is 41.0 Å². The number of rotatable bonds is 13. The van der Waals surface area contributed by atoms with Crippen molar-refractivity contribution in [3.05, 3.63) is 117 Å². The Balaban J connectivity index is 1.58. The van der Waals surface area contributed by atoms with Crippen LogP contribution in [0.4, 0.5) is 17.6 Å². The first-order valence-corrected chi connectivity index (χ1v) is 15.3. The predicted molar refractivity (Wildman–Crippen MR) is 177 cm³/mol. The van der Waals surface area contributed by atoms with E-state index in [0.717, 1.165) is 35.8 Å². The van der Waals surface area contributed by atoms with E-state index in [1.807, 2.05) is 0 Å². The average Bonchev–Trinajstić information content (AvgIpc) is 3.62. The third-order valence-corrected chi connectivity index (χ3v) is 8.22. The van der Waals surface area contributed by atoms with E-state index < -0.39 is 109 Å². The Hall–Kier alpha value is -3.96. The van der Waals surface area contributed by atoms with Gasteiger partial charge in [0.2, 0.25) is 5.91 Å². The molecular formula is C36H38F4N4O2S. The van der Waals surface area contributed by atoms with Gasteiger partial charge in [0.05, 0.1) is 13.8 Å². The molecule has 248 valence electrons. The van der Waals surface area contributed by atoms with Crippen LogP contribution in [0.3, 0.4) is 0 Å². The van der Waals surface area contributed by atoms with Crippen molar-refractivity contribution in [2.45, 2.75) is 63.2 Å². The van der Waals surface area contributed by atoms with Crippen LogP contribution in [0.25, 0.3) is 11.1 Å². The van der Waals surface area contributed by atoms with E-state index >= 15 is 0 Å². The highest BCUT2D eigenvalue weighted by molar-refractivity contribution is 7.98. The van der Waals surface area contributed by atoms with Crippen LogP contribution in [0.15, 0.2) is 82.7 Å². The maximum atomic E-state index is 14.6. The third kappa shape index (κ3) is 8.70. The van der Waals surface area contributed by atoms with Gasteiger partial charge in [0.1, 0.15) is 12.4 Å². The van der Waals surface area contributed by atoms with Crippen LogP contribution < -0.4 is 5.56 Å². The van der Waals surface area contributed by atoms with Gasteiger partial charge >= 0.3 is 6.18 Å². The Morgan fingerprint density at radius 3 is 2.21 bits per heavy atom.